The standard InChI is InChI=1S/C12H11ClN2O2S/c1-15-5-6-18-12(15)14-11(16)9-7-8(13)3-4-10(9)17-2/h3-7H,1-2H3. The Balaban J connectivity index is 2.47. The molecule has 0 fully saturated rings. The Kier molecular flexibility index (Phi) is 3.84. The average molecular weight is 283 g/mol. The van der Waals surface area contributed by atoms with Gasteiger partial charge in [0, 0.05) is 23.6 Å². The summed E-state index contributed by atoms with van der Waals surface area (Å²) in [6.45, 7) is 0. The molecule has 0 saturated carbocycles. The van der Waals surface area contributed by atoms with E-state index in [1.54, 1.807) is 22.8 Å². The number of carbonyl (C=O) groups excluding carboxylic acids is 1. The zero-order valence-electron chi connectivity index (χ0n) is 9.88. The predicted molar refractivity (Wildman–Crippen MR) is 71.2 cm³/mol. The number of aryl methyl sites for hydroxylation is 1. The summed E-state index contributed by atoms with van der Waals surface area (Å²) in [5.41, 5.74) is 0.360. The molecule has 2 aromatic rings. The van der Waals surface area contributed by atoms with Crippen LogP contribution in [0.5, 0.6) is 5.75 Å². The van der Waals surface area contributed by atoms with Crippen molar-refractivity contribution >= 4 is 28.8 Å². The lowest BCUT2D eigenvalue weighted by molar-refractivity contribution is 0.0995. The van der Waals surface area contributed by atoms with Crippen molar-refractivity contribution in [2.75, 3.05) is 7.11 Å². The Bertz CT molecular complexity index is 646. The van der Waals surface area contributed by atoms with Crippen molar-refractivity contribution in [2.24, 2.45) is 12.0 Å². The molecule has 6 heteroatoms. The molecule has 0 radical (unpaired) electrons. The van der Waals surface area contributed by atoms with Crippen molar-refractivity contribution in [1.82, 2.24) is 4.57 Å². The molecular weight excluding hydrogens is 272 g/mol. The summed E-state index contributed by atoms with van der Waals surface area (Å²) in [6.07, 6.45) is 1.84. The highest BCUT2D eigenvalue weighted by Crippen LogP contribution is 2.23. The van der Waals surface area contributed by atoms with Gasteiger partial charge in [-0.1, -0.05) is 11.6 Å². The van der Waals surface area contributed by atoms with E-state index in [0.29, 0.717) is 21.1 Å². The second-order valence-corrected chi connectivity index (χ2v) is 4.87. The quantitative estimate of drug-likeness (QED) is 0.849. The number of thiazole rings is 1. The van der Waals surface area contributed by atoms with Gasteiger partial charge in [0.2, 0.25) is 0 Å². The minimum absolute atomic E-state index is 0.360. The number of halogens is 1. The van der Waals surface area contributed by atoms with E-state index in [1.165, 1.54) is 18.4 Å². The van der Waals surface area contributed by atoms with Crippen LogP contribution in [0, 0.1) is 0 Å². The number of hydrogen-bond donors (Lipinski definition) is 0. The van der Waals surface area contributed by atoms with Gasteiger partial charge in [0.1, 0.15) is 5.75 Å². The molecule has 1 aromatic carbocycles. The molecular formula is C12H11ClN2O2S. The Morgan fingerprint density at radius 3 is 2.89 bits per heavy atom. The minimum Gasteiger partial charge on any atom is -0.496 e. The van der Waals surface area contributed by atoms with E-state index in [0.717, 1.165) is 0 Å². The molecule has 0 bridgehead atoms. The van der Waals surface area contributed by atoms with Gasteiger partial charge in [0.05, 0.1) is 12.7 Å². The number of rotatable bonds is 2. The molecule has 0 atom stereocenters. The number of ether oxygens (including phenoxy) is 1. The summed E-state index contributed by atoms with van der Waals surface area (Å²) in [5.74, 6) is 0.0970. The Labute approximate surface area is 113 Å². The highest BCUT2D eigenvalue weighted by atomic mass is 35.5. The molecule has 0 aliphatic rings. The molecule has 1 amide bonds. The predicted octanol–water partition coefficient (Wildman–Crippen LogP) is 2.49. The second kappa shape index (κ2) is 5.37. The van der Waals surface area contributed by atoms with Crippen molar-refractivity contribution in [1.29, 1.82) is 0 Å². The van der Waals surface area contributed by atoms with Crippen molar-refractivity contribution in [3.8, 4) is 5.75 Å². The van der Waals surface area contributed by atoms with Crippen molar-refractivity contribution < 1.29 is 9.53 Å². The number of hydrogen-bond acceptors (Lipinski definition) is 3. The van der Waals surface area contributed by atoms with E-state index in [4.69, 9.17) is 16.3 Å². The van der Waals surface area contributed by atoms with E-state index in [1.807, 2.05) is 18.6 Å². The van der Waals surface area contributed by atoms with Crippen LogP contribution < -0.4 is 9.54 Å². The minimum atomic E-state index is -0.368. The molecule has 0 aliphatic carbocycles. The van der Waals surface area contributed by atoms with Gasteiger partial charge in [0.25, 0.3) is 5.91 Å². The number of methoxy groups -OCH3 is 1. The van der Waals surface area contributed by atoms with Crippen LogP contribution in [-0.2, 0) is 7.05 Å². The van der Waals surface area contributed by atoms with E-state index >= 15 is 0 Å². The van der Waals surface area contributed by atoms with Gasteiger partial charge in [-0.2, -0.15) is 4.99 Å². The molecule has 94 valence electrons. The normalized spacial score (nSPS) is 11.6. The highest BCUT2D eigenvalue weighted by molar-refractivity contribution is 7.07. The molecule has 0 saturated heterocycles. The van der Waals surface area contributed by atoms with Gasteiger partial charge in [-0.15, -0.1) is 11.3 Å². The van der Waals surface area contributed by atoms with Crippen LogP contribution in [0.3, 0.4) is 0 Å². The third kappa shape index (κ3) is 2.63. The van der Waals surface area contributed by atoms with Gasteiger partial charge >= 0.3 is 0 Å². The van der Waals surface area contributed by atoms with Gasteiger partial charge in [0.15, 0.2) is 4.80 Å². The second-order valence-electron chi connectivity index (χ2n) is 3.56. The lowest BCUT2D eigenvalue weighted by Gasteiger charge is -2.04. The monoisotopic (exact) mass is 282 g/mol. The van der Waals surface area contributed by atoms with Crippen LogP contribution in [0.2, 0.25) is 5.02 Å². The first kappa shape index (κ1) is 12.9. The number of aromatic nitrogens is 1. The van der Waals surface area contributed by atoms with E-state index < -0.39 is 0 Å². The molecule has 0 unspecified atom stereocenters. The van der Waals surface area contributed by atoms with Crippen molar-refractivity contribution in [2.45, 2.75) is 0 Å². The molecule has 2 rings (SSSR count). The Morgan fingerprint density at radius 1 is 1.50 bits per heavy atom. The van der Waals surface area contributed by atoms with Crippen molar-refractivity contribution in [3.05, 3.63) is 45.2 Å². The maximum atomic E-state index is 12.1. The first-order valence-corrected chi connectivity index (χ1v) is 6.40. The van der Waals surface area contributed by atoms with Gasteiger partial charge in [-0.25, -0.2) is 0 Å². The topological polar surface area (TPSA) is 43.6 Å². The van der Waals surface area contributed by atoms with Crippen LogP contribution in [0.25, 0.3) is 0 Å². The van der Waals surface area contributed by atoms with E-state index in [2.05, 4.69) is 4.99 Å². The lowest BCUT2D eigenvalue weighted by Crippen LogP contribution is -2.13. The molecule has 4 nitrogen and oxygen atoms in total. The summed E-state index contributed by atoms with van der Waals surface area (Å²) in [4.78, 5) is 16.8. The zero-order chi connectivity index (χ0) is 13.1. The van der Waals surface area contributed by atoms with Gasteiger partial charge < -0.3 is 9.30 Å². The molecule has 1 aromatic heterocycles. The fourth-order valence-electron chi connectivity index (χ4n) is 1.43. The molecule has 0 spiro atoms. The van der Waals surface area contributed by atoms with E-state index in [-0.39, 0.29) is 5.91 Å². The molecule has 0 N–H and O–H groups in total. The number of carbonyl (C=O) groups is 1. The molecule has 1 heterocycles. The fourth-order valence-corrected chi connectivity index (χ4v) is 2.33. The summed E-state index contributed by atoms with van der Waals surface area (Å²) >= 11 is 7.27. The number of amides is 1. The lowest BCUT2D eigenvalue weighted by atomic mass is 10.2. The molecule has 0 aliphatic heterocycles. The fraction of sp³-hybridized carbons (Fsp3) is 0.167. The van der Waals surface area contributed by atoms with Gasteiger partial charge in [-0.05, 0) is 18.2 Å². The van der Waals surface area contributed by atoms with Crippen LogP contribution in [0.1, 0.15) is 10.4 Å². The first-order valence-electron chi connectivity index (χ1n) is 5.14. The third-order valence-electron chi connectivity index (χ3n) is 2.35. The van der Waals surface area contributed by atoms with Crippen LogP contribution in [0.15, 0.2) is 34.8 Å². The van der Waals surface area contributed by atoms with Crippen LogP contribution in [-0.4, -0.2) is 17.6 Å². The third-order valence-corrected chi connectivity index (χ3v) is 3.43. The number of nitrogens with zero attached hydrogens (tertiary/aromatic N) is 2. The average Bonchev–Trinajstić information content (AvgIpc) is 2.75. The SMILES string of the molecule is COc1ccc(Cl)cc1C(=O)N=c1sccn1C. The highest BCUT2D eigenvalue weighted by Gasteiger charge is 2.12. The van der Waals surface area contributed by atoms with Crippen LogP contribution in [0.4, 0.5) is 0 Å². The van der Waals surface area contributed by atoms with Gasteiger partial charge in [-0.3, -0.25) is 4.79 Å². The Morgan fingerprint density at radius 2 is 2.28 bits per heavy atom. The largest absolute Gasteiger partial charge is 0.496 e. The van der Waals surface area contributed by atoms with Crippen molar-refractivity contribution in [3.63, 3.8) is 0 Å². The zero-order valence-corrected chi connectivity index (χ0v) is 11.5. The summed E-state index contributed by atoms with van der Waals surface area (Å²) in [5, 5.41) is 2.34. The van der Waals surface area contributed by atoms with E-state index in [9.17, 15) is 4.79 Å². The summed E-state index contributed by atoms with van der Waals surface area (Å²) in [6, 6.07) is 4.88. The Hall–Kier alpha value is -1.59. The maximum absolute atomic E-state index is 12.1. The molecule has 18 heavy (non-hydrogen) atoms. The smallest absolute Gasteiger partial charge is 0.283 e. The first-order chi connectivity index (χ1) is 8.61. The maximum Gasteiger partial charge on any atom is 0.283 e. The van der Waals surface area contributed by atoms with Crippen LogP contribution >= 0.6 is 22.9 Å². The summed E-state index contributed by atoms with van der Waals surface area (Å²) < 4.78 is 6.91. The summed E-state index contributed by atoms with van der Waals surface area (Å²) in [7, 11) is 3.34. The number of benzene rings is 1.